The van der Waals surface area contributed by atoms with Crippen LogP contribution in [0.25, 0.3) is 0 Å². The summed E-state index contributed by atoms with van der Waals surface area (Å²) in [7, 11) is 0. The largest absolute Gasteiger partial charge is 0.380 e. The van der Waals surface area contributed by atoms with Gasteiger partial charge in [-0.2, -0.15) is 0 Å². The lowest BCUT2D eigenvalue weighted by Gasteiger charge is -2.26. The van der Waals surface area contributed by atoms with Crippen LogP contribution in [0.4, 0.5) is 10.5 Å². The van der Waals surface area contributed by atoms with Crippen molar-refractivity contribution in [2.24, 2.45) is 0 Å². The Morgan fingerprint density at radius 2 is 2.00 bits per heavy atom. The zero-order valence-corrected chi connectivity index (χ0v) is 11.8. The Balaban J connectivity index is 1.88. The average Bonchev–Trinajstić information content (AvgIpc) is 2.89. The smallest absolute Gasteiger partial charge is 0.320 e. The molecule has 1 aliphatic rings. The first kappa shape index (κ1) is 13.7. The highest BCUT2D eigenvalue weighted by Gasteiger charge is 2.28. The summed E-state index contributed by atoms with van der Waals surface area (Å²) in [5.41, 5.74) is 1.13. The van der Waals surface area contributed by atoms with Crippen LogP contribution >= 0.6 is 0 Å². The predicted molar refractivity (Wildman–Crippen MR) is 78.4 cm³/mol. The second-order valence-corrected chi connectivity index (χ2v) is 4.90. The van der Waals surface area contributed by atoms with Crippen LogP contribution in [0.2, 0.25) is 0 Å². The molecule has 4 heteroatoms. The van der Waals surface area contributed by atoms with E-state index >= 15 is 0 Å². The van der Waals surface area contributed by atoms with Gasteiger partial charge in [0.2, 0.25) is 0 Å². The minimum absolute atomic E-state index is 0.169. The van der Waals surface area contributed by atoms with Gasteiger partial charge in [-0.15, -0.1) is 0 Å². The molecule has 1 fully saturated rings. The molecule has 1 heterocycles. The molecule has 4 nitrogen and oxygen atoms in total. The molecule has 1 aliphatic heterocycles. The fourth-order valence-corrected chi connectivity index (χ4v) is 2.52. The molecule has 1 N–H and O–H groups in total. The van der Waals surface area contributed by atoms with Gasteiger partial charge in [-0.1, -0.05) is 18.2 Å². The minimum atomic E-state index is 0.169. The maximum absolute atomic E-state index is 12.2. The number of anilines is 1. The van der Waals surface area contributed by atoms with E-state index in [4.69, 9.17) is 0 Å². The Morgan fingerprint density at radius 3 is 2.63 bits per heavy atom. The van der Waals surface area contributed by atoms with Gasteiger partial charge in [0.15, 0.2) is 0 Å². The van der Waals surface area contributed by atoms with Crippen molar-refractivity contribution >= 4 is 11.7 Å². The number of amides is 2. The van der Waals surface area contributed by atoms with Crippen LogP contribution in [0.1, 0.15) is 20.3 Å². The summed E-state index contributed by atoms with van der Waals surface area (Å²) in [4.78, 5) is 16.1. The van der Waals surface area contributed by atoms with E-state index in [1.165, 1.54) is 0 Å². The molecule has 19 heavy (non-hydrogen) atoms. The van der Waals surface area contributed by atoms with Crippen LogP contribution in [0.15, 0.2) is 30.3 Å². The van der Waals surface area contributed by atoms with Crippen molar-refractivity contribution in [1.82, 2.24) is 9.80 Å². The molecule has 1 aromatic carbocycles. The maximum atomic E-state index is 12.2. The number of para-hydroxylation sites is 1. The van der Waals surface area contributed by atoms with E-state index in [1.807, 2.05) is 41.8 Å². The molecule has 0 aromatic heterocycles. The fraction of sp³-hybridized carbons (Fsp3) is 0.533. The summed E-state index contributed by atoms with van der Waals surface area (Å²) in [6.07, 6.45) is 1.02. The van der Waals surface area contributed by atoms with E-state index in [0.29, 0.717) is 6.04 Å². The highest BCUT2D eigenvalue weighted by molar-refractivity contribution is 5.74. The second kappa shape index (κ2) is 6.45. The predicted octanol–water partition coefficient (Wildman–Crippen LogP) is 2.63. The topological polar surface area (TPSA) is 35.6 Å². The Morgan fingerprint density at radius 1 is 1.32 bits per heavy atom. The van der Waals surface area contributed by atoms with E-state index in [-0.39, 0.29) is 6.03 Å². The lowest BCUT2D eigenvalue weighted by Crippen LogP contribution is -2.42. The van der Waals surface area contributed by atoms with Crippen molar-refractivity contribution in [2.45, 2.75) is 26.3 Å². The van der Waals surface area contributed by atoms with Crippen LogP contribution in [0.5, 0.6) is 0 Å². The van der Waals surface area contributed by atoms with Gasteiger partial charge in [0.05, 0.1) is 0 Å². The van der Waals surface area contributed by atoms with Crippen molar-refractivity contribution in [3.05, 3.63) is 30.3 Å². The third kappa shape index (κ3) is 3.40. The standard InChI is InChI=1S/C15H23N3O/c1-3-17(4-2)15(19)18-11-10-14(12-18)16-13-8-6-5-7-9-13/h5-9,14,16H,3-4,10-12H2,1-2H3/t14-/m1/s1. The number of hydrogen-bond acceptors (Lipinski definition) is 2. The normalized spacial score (nSPS) is 18.4. The number of likely N-dealkylation sites (tertiary alicyclic amines) is 1. The zero-order valence-electron chi connectivity index (χ0n) is 11.8. The second-order valence-electron chi connectivity index (χ2n) is 4.90. The summed E-state index contributed by atoms with van der Waals surface area (Å²) in [5.74, 6) is 0. The number of nitrogens with one attached hydrogen (secondary N) is 1. The molecule has 0 aliphatic carbocycles. The van der Waals surface area contributed by atoms with Gasteiger partial charge >= 0.3 is 6.03 Å². The van der Waals surface area contributed by atoms with Gasteiger partial charge in [0, 0.05) is 37.9 Å². The van der Waals surface area contributed by atoms with Crippen molar-refractivity contribution in [1.29, 1.82) is 0 Å². The summed E-state index contributed by atoms with van der Waals surface area (Å²) in [6, 6.07) is 10.7. The summed E-state index contributed by atoms with van der Waals surface area (Å²) in [5, 5.41) is 3.49. The lowest BCUT2D eigenvalue weighted by molar-refractivity contribution is 0.167. The van der Waals surface area contributed by atoms with Crippen LogP contribution < -0.4 is 5.32 Å². The Kier molecular flexibility index (Phi) is 4.66. The molecule has 1 aromatic rings. The quantitative estimate of drug-likeness (QED) is 0.904. The van der Waals surface area contributed by atoms with Crippen LogP contribution in [0.3, 0.4) is 0 Å². The van der Waals surface area contributed by atoms with Gasteiger partial charge in [0.1, 0.15) is 0 Å². The summed E-state index contributed by atoms with van der Waals surface area (Å²) >= 11 is 0. The highest BCUT2D eigenvalue weighted by Crippen LogP contribution is 2.16. The fourth-order valence-electron chi connectivity index (χ4n) is 2.52. The van der Waals surface area contributed by atoms with Gasteiger partial charge in [-0.05, 0) is 32.4 Å². The monoisotopic (exact) mass is 261 g/mol. The first-order chi connectivity index (χ1) is 9.24. The van der Waals surface area contributed by atoms with E-state index in [9.17, 15) is 4.79 Å². The molecule has 0 spiro atoms. The van der Waals surface area contributed by atoms with E-state index in [0.717, 1.165) is 38.3 Å². The van der Waals surface area contributed by atoms with Crippen molar-refractivity contribution in [3.63, 3.8) is 0 Å². The van der Waals surface area contributed by atoms with Gasteiger partial charge in [-0.3, -0.25) is 0 Å². The van der Waals surface area contributed by atoms with Gasteiger partial charge in [0.25, 0.3) is 0 Å². The van der Waals surface area contributed by atoms with Crippen LogP contribution in [-0.2, 0) is 0 Å². The number of carbonyl (C=O) groups excluding carboxylic acids is 1. The van der Waals surface area contributed by atoms with Crippen LogP contribution in [0, 0.1) is 0 Å². The molecule has 0 bridgehead atoms. The SMILES string of the molecule is CCN(CC)C(=O)N1CC[C@@H](Nc2ccccc2)C1. The maximum Gasteiger partial charge on any atom is 0.320 e. The third-order valence-corrected chi connectivity index (χ3v) is 3.64. The molecule has 1 atom stereocenters. The number of hydrogen-bond donors (Lipinski definition) is 1. The lowest BCUT2D eigenvalue weighted by atomic mass is 10.2. The Bertz CT molecular complexity index is 403. The number of benzene rings is 1. The average molecular weight is 261 g/mol. The number of carbonyl (C=O) groups is 1. The summed E-state index contributed by atoms with van der Waals surface area (Å²) in [6.45, 7) is 7.25. The van der Waals surface area contributed by atoms with Gasteiger partial charge < -0.3 is 15.1 Å². The van der Waals surface area contributed by atoms with Gasteiger partial charge in [-0.25, -0.2) is 4.79 Å². The van der Waals surface area contributed by atoms with E-state index in [2.05, 4.69) is 17.4 Å². The van der Waals surface area contributed by atoms with Crippen molar-refractivity contribution < 1.29 is 4.79 Å². The molecule has 2 amide bonds. The number of nitrogens with zero attached hydrogens (tertiary/aromatic N) is 2. The molecule has 0 saturated carbocycles. The molecular weight excluding hydrogens is 238 g/mol. The first-order valence-electron chi connectivity index (χ1n) is 7.10. The summed E-state index contributed by atoms with van der Waals surface area (Å²) < 4.78 is 0. The molecule has 1 saturated heterocycles. The van der Waals surface area contributed by atoms with E-state index < -0.39 is 0 Å². The molecule has 2 rings (SSSR count). The zero-order chi connectivity index (χ0) is 13.7. The minimum Gasteiger partial charge on any atom is -0.380 e. The first-order valence-corrected chi connectivity index (χ1v) is 7.10. The third-order valence-electron chi connectivity index (χ3n) is 3.64. The number of urea groups is 1. The molecule has 0 unspecified atom stereocenters. The van der Waals surface area contributed by atoms with Crippen molar-refractivity contribution in [2.75, 3.05) is 31.5 Å². The molecule has 104 valence electrons. The number of rotatable bonds is 4. The van der Waals surface area contributed by atoms with Crippen molar-refractivity contribution in [3.8, 4) is 0 Å². The van der Waals surface area contributed by atoms with Crippen LogP contribution in [-0.4, -0.2) is 48.1 Å². The Hall–Kier alpha value is -1.71. The highest BCUT2D eigenvalue weighted by atomic mass is 16.2. The Labute approximate surface area is 115 Å². The molecule has 0 radical (unpaired) electrons. The molecular formula is C15H23N3O. The van der Waals surface area contributed by atoms with E-state index in [1.54, 1.807) is 0 Å².